The maximum atomic E-state index is 10.4. The van der Waals surface area contributed by atoms with Crippen LogP contribution in [0.15, 0.2) is 18.5 Å². The number of rotatable bonds is 5. The summed E-state index contributed by atoms with van der Waals surface area (Å²) in [5.41, 5.74) is 0.126. The van der Waals surface area contributed by atoms with Crippen LogP contribution in [-0.4, -0.2) is 32.4 Å². The first-order chi connectivity index (χ1) is 6.59. The van der Waals surface area contributed by atoms with Gasteiger partial charge in [0.2, 0.25) is 0 Å². The number of nitrogens with zero attached hydrogens (tertiary/aromatic N) is 3. The fourth-order valence-corrected chi connectivity index (χ4v) is 0.866. The van der Waals surface area contributed by atoms with Crippen molar-refractivity contribution in [2.75, 3.05) is 6.54 Å². The van der Waals surface area contributed by atoms with E-state index in [-0.39, 0.29) is 12.1 Å². The van der Waals surface area contributed by atoms with E-state index in [0.29, 0.717) is 12.4 Å². The van der Waals surface area contributed by atoms with E-state index < -0.39 is 5.97 Å². The zero-order valence-electron chi connectivity index (χ0n) is 7.90. The lowest BCUT2D eigenvalue weighted by molar-refractivity contribution is -0.132. The topological polar surface area (TPSA) is 80.0 Å². The predicted molar refractivity (Wildman–Crippen MR) is 49.5 cm³/mol. The molecule has 0 saturated heterocycles. The van der Waals surface area contributed by atoms with Gasteiger partial charge in [-0.1, -0.05) is 6.58 Å². The van der Waals surface area contributed by atoms with Gasteiger partial charge in [0.25, 0.3) is 0 Å². The summed E-state index contributed by atoms with van der Waals surface area (Å²) in [5.74, 6) is -0.364. The van der Waals surface area contributed by atoms with E-state index in [0.717, 1.165) is 0 Å². The van der Waals surface area contributed by atoms with Crippen molar-refractivity contribution < 1.29 is 9.90 Å². The van der Waals surface area contributed by atoms with E-state index in [2.05, 4.69) is 22.0 Å². The molecule has 1 heterocycles. The quantitative estimate of drug-likeness (QED) is 0.623. The van der Waals surface area contributed by atoms with Crippen molar-refractivity contribution >= 4 is 5.97 Å². The maximum absolute atomic E-state index is 10.4. The van der Waals surface area contributed by atoms with E-state index in [9.17, 15) is 4.79 Å². The molecule has 0 atom stereocenters. The summed E-state index contributed by atoms with van der Waals surface area (Å²) in [6.45, 7) is 4.05. The summed E-state index contributed by atoms with van der Waals surface area (Å²) in [7, 11) is 1.77. The average Bonchev–Trinajstić information content (AvgIpc) is 2.51. The van der Waals surface area contributed by atoms with Gasteiger partial charge in [0.05, 0.1) is 6.54 Å². The molecule has 76 valence electrons. The van der Waals surface area contributed by atoms with Gasteiger partial charge in [0.15, 0.2) is 5.82 Å². The predicted octanol–water partition coefficient (Wildman–Crippen LogP) is -0.455. The van der Waals surface area contributed by atoms with E-state index in [4.69, 9.17) is 5.11 Å². The maximum Gasteiger partial charge on any atom is 0.332 e. The lowest BCUT2D eigenvalue weighted by atomic mass is 10.3. The Morgan fingerprint density at radius 1 is 1.79 bits per heavy atom. The molecule has 0 radical (unpaired) electrons. The summed E-state index contributed by atoms with van der Waals surface area (Å²) in [6, 6.07) is 0. The molecule has 0 aliphatic rings. The molecule has 0 amide bonds. The zero-order chi connectivity index (χ0) is 10.6. The van der Waals surface area contributed by atoms with E-state index in [1.54, 1.807) is 18.1 Å². The third kappa shape index (κ3) is 2.98. The Morgan fingerprint density at radius 2 is 2.50 bits per heavy atom. The molecule has 6 heteroatoms. The molecular formula is C8H12N4O2. The average molecular weight is 196 g/mol. The molecule has 0 bridgehead atoms. The number of nitrogens with one attached hydrogen (secondary N) is 1. The third-order valence-corrected chi connectivity index (χ3v) is 1.57. The number of carbonyl (C=O) groups is 1. The summed E-state index contributed by atoms with van der Waals surface area (Å²) in [6.07, 6.45) is 1.59. The summed E-state index contributed by atoms with van der Waals surface area (Å²) in [4.78, 5) is 14.3. The minimum absolute atomic E-state index is 0.126. The molecule has 2 N–H and O–H groups in total. The van der Waals surface area contributed by atoms with Gasteiger partial charge in [-0.25, -0.2) is 9.78 Å². The van der Waals surface area contributed by atoms with Crippen molar-refractivity contribution in [3.63, 3.8) is 0 Å². The number of hydrogen-bond acceptors (Lipinski definition) is 4. The van der Waals surface area contributed by atoms with Gasteiger partial charge in [-0.15, -0.1) is 0 Å². The van der Waals surface area contributed by atoms with Crippen LogP contribution < -0.4 is 5.32 Å². The molecule has 0 aromatic carbocycles. The summed E-state index contributed by atoms with van der Waals surface area (Å²) < 4.78 is 1.59. The first kappa shape index (κ1) is 10.4. The monoisotopic (exact) mass is 196 g/mol. The van der Waals surface area contributed by atoms with Crippen molar-refractivity contribution in [2.24, 2.45) is 7.05 Å². The van der Waals surface area contributed by atoms with Gasteiger partial charge in [0.1, 0.15) is 6.33 Å². The molecule has 0 aliphatic heterocycles. The highest BCUT2D eigenvalue weighted by atomic mass is 16.4. The lowest BCUT2D eigenvalue weighted by Crippen LogP contribution is -2.20. The summed E-state index contributed by atoms with van der Waals surface area (Å²) in [5, 5.41) is 15.4. The lowest BCUT2D eigenvalue weighted by Gasteiger charge is -2.00. The van der Waals surface area contributed by atoms with Crippen LogP contribution in [0.1, 0.15) is 5.82 Å². The highest BCUT2D eigenvalue weighted by Crippen LogP contribution is 1.90. The molecule has 1 aromatic heterocycles. The van der Waals surface area contributed by atoms with E-state index in [1.807, 2.05) is 0 Å². The molecule has 0 spiro atoms. The zero-order valence-corrected chi connectivity index (χ0v) is 7.90. The highest BCUT2D eigenvalue weighted by molar-refractivity contribution is 5.86. The first-order valence-electron chi connectivity index (χ1n) is 4.06. The number of aryl methyl sites for hydroxylation is 1. The van der Waals surface area contributed by atoms with Gasteiger partial charge in [-0.2, -0.15) is 5.10 Å². The Morgan fingerprint density at radius 3 is 3.00 bits per heavy atom. The molecule has 6 nitrogen and oxygen atoms in total. The Hall–Kier alpha value is -1.69. The fraction of sp³-hybridized carbons (Fsp3) is 0.375. The van der Waals surface area contributed by atoms with Crippen LogP contribution >= 0.6 is 0 Å². The Labute approximate surface area is 81.3 Å². The van der Waals surface area contributed by atoms with Gasteiger partial charge >= 0.3 is 5.97 Å². The Balaban J connectivity index is 2.29. The van der Waals surface area contributed by atoms with Gasteiger partial charge < -0.3 is 10.4 Å². The van der Waals surface area contributed by atoms with Crippen LogP contribution in [0.25, 0.3) is 0 Å². The Bertz CT molecular complexity index is 345. The number of carboxylic acid groups (broad SMARTS) is 1. The third-order valence-electron chi connectivity index (χ3n) is 1.57. The smallest absolute Gasteiger partial charge is 0.332 e. The van der Waals surface area contributed by atoms with E-state index >= 15 is 0 Å². The SMILES string of the molecule is C=C(CNCc1ncn(C)n1)C(=O)O. The largest absolute Gasteiger partial charge is 0.478 e. The van der Waals surface area contributed by atoms with Crippen molar-refractivity contribution in [2.45, 2.75) is 6.54 Å². The molecule has 0 fully saturated rings. The van der Waals surface area contributed by atoms with Crippen molar-refractivity contribution in [1.29, 1.82) is 0 Å². The van der Waals surface area contributed by atoms with Crippen LogP contribution in [0.2, 0.25) is 0 Å². The van der Waals surface area contributed by atoms with Crippen LogP contribution in [0.4, 0.5) is 0 Å². The molecular weight excluding hydrogens is 184 g/mol. The fourth-order valence-electron chi connectivity index (χ4n) is 0.866. The van der Waals surface area contributed by atoms with Crippen LogP contribution in [0, 0.1) is 0 Å². The first-order valence-corrected chi connectivity index (χ1v) is 4.06. The molecule has 0 unspecified atom stereocenters. The van der Waals surface area contributed by atoms with Crippen LogP contribution in [-0.2, 0) is 18.4 Å². The molecule has 1 rings (SSSR count). The Kier molecular flexibility index (Phi) is 3.35. The van der Waals surface area contributed by atoms with Crippen LogP contribution in [0.5, 0.6) is 0 Å². The summed E-state index contributed by atoms with van der Waals surface area (Å²) >= 11 is 0. The standard InChI is InChI=1S/C8H12N4O2/c1-6(8(13)14)3-9-4-7-10-5-12(2)11-7/h5,9H,1,3-4H2,2H3,(H,13,14). The minimum Gasteiger partial charge on any atom is -0.478 e. The molecule has 0 saturated carbocycles. The number of hydrogen-bond donors (Lipinski definition) is 2. The number of aliphatic carboxylic acids is 1. The molecule has 14 heavy (non-hydrogen) atoms. The highest BCUT2D eigenvalue weighted by Gasteiger charge is 2.03. The van der Waals surface area contributed by atoms with Crippen molar-refractivity contribution in [3.05, 3.63) is 24.3 Å². The molecule has 0 aliphatic carbocycles. The van der Waals surface area contributed by atoms with Gasteiger partial charge in [-0.3, -0.25) is 4.68 Å². The molecule has 1 aromatic rings. The minimum atomic E-state index is -0.994. The van der Waals surface area contributed by atoms with Crippen molar-refractivity contribution in [1.82, 2.24) is 20.1 Å². The van der Waals surface area contributed by atoms with E-state index in [1.165, 1.54) is 0 Å². The second kappa shape index (κ2) is 4.52. The van der Waals surface area contributed by atoms with Gasteiger partial charge in [-0.05, 0) is 0 Å². The number of aromatic nitrogens is 3. The van der Waals surface area contributed by atoms with Crippen LogP contribution in [0.3, 0.4) is 0 Å². The van der Waals surface area contributed by atoms with Crippen molar-refractivity contribution in [3.8, 4) is 0 Å². The second-order valence-electron chi connectivity index (χ2n) is 2.85. The number of carboxylic acids is 1. The van der Waals surface area contributed by atoms with Gasteiger partial charge in [0, 0.05) is 19.2 Å². The second-order valence-corrected chi connectivity index (χ2v) is 2.85. The normalized spacial score (nSPS) is 10.1.